The van der Waals surface area contributed by atoms with Crippen LogP contribution in [-0.4, -0.2) is 14.6 Å². The molecule has 0 fully saturated rings. The molecule has 0 bridgehead atoms. The summed E-state index contributed by atoms with van der Waals surface area (Å²) < 4.78 is 3.03. The Morgan fingerprint density at radius 3 is 1.12 bits per heavy atom. The van der Waals surface area contributed by atoms with Gasteiger partial charge in [0.15, 0.2) is 0 Å². The Morgan fingerprint density at radius 2 is 1.12 bits per heavy atom. The number of rotatable bonds is 2. The van der Waals surface area contributed by atoms with Crippen LogP contribution < -0.4 is 20.1 Å². The first-order valence-electron chi connectivity index (χ1n) is 1.41. The van der Waals surface area contributed by atoms with E-state index in [0.717, 1.165) is 0 Å². The molecule has 8 heavy (non-hydrogen) atoms. The van der Waals surface area contributed by atoms with Gasteiger partial charge in [0.05, 0.1) is 0 Å². The quantitative estimate of drug-likeness (QED) is 0.375. The van der Waals surface area contributed by atoms with Gasteiger partial charge in [-0.1, -0.05) is 0 Å². The first-order valence-corrected chi connectivity index (χ1v) is 1.41. The van der Waals surface area contributed by atoms with Crippen LogP contribution in [0.5, 0.6) is 0 Å². The predicted octanol–water partition coefficient (Wildman–Crippen LogP) is -5.59. The molecule has 0 N–H and O–H groups in total. The molecule has 0 aromatic rings. The summed E-state index contributed by atoms with van der Waals surface area (Å²) in [5.74, 6) is 0. The maximum Gasteiger partial charge on any atom is 0.0280 e. The zero-order chi connectivity index (χ0) is 5.86. The van der Waals surface area contributed by atoms with Gasteiger partial charge in [-0.15, -0.1) is 0 Å². The maximum absolute atomic E-state index is 9.16. The Labute approximate surface area is 56.6 Å². The molecular formula is B2NiO5-4. The largest absolute Gasteiger partial charge is 0.872 e. The minimum atomic E-state index is -2.75. The molecule has 0 aliphatic rings. The first-order chi connectivity index (χ1) is 3.13. The van der Waals surface area contributed by atoms with E-state index in [0.29, 0.717) is 0 Å². The molecule has 0 aliphatic heterocycles. The van der Waals surface area contributed by atoms with Gasteiger partial charge in [0.2, 0.25) is 0 Å². The average Bonchev–Trinajstić information content (AvgIpc) is 1.27. The topological polar surface area (TPSA) is 101 Å². The normalized spacial score (nSPS) is 7.50. The van der Waals surface area contributed by atoms with Gasteiger partial charge in [-0.3, -0.25) is 0 Å². The molecule has 0 amide bonds. The third-order valence-corrected chi connectivity index (χ3v) is 0.222. The molecule has 0 saturated heterocycles. The molecule has 5 nitrogen and oxygen atoms in total. The van der Waals surface area contributed by atoms with Gasteiger partial charge in [0.25, 0.3) is 0 Å². The van der Waals surface area contributed by atoms with Crippen LogP contribution in [0.15, 0.2) is 0 Å². The summed E-state index contributed by atoms with van der Waals surface area (Å²) in [5.41, 5.74) is 0. The van der Waals surface area contributed by atoms with Crippen molar-refractivity contribution in [2.75, 3.05) is 0 Å². The van der Waals surface area contributed by atoms with Gasteiger partial charge in [-0.2, -0.15) is 0 Å². The van der Waals surface area contributed by atoms with Crippen LogP contribution in [0.1, 0.15) is 0 Å². The fourth-order valence-corrected chi connectivity index (χ4v) is 0.0907. The van der Waals surface area contributed by atoms with Crippen molar-refractivity contribution in [1.82, 2.24) is 0 Å². The van der Waals surface area contributed by atoms with Crippen LogP contribution >= 0.6 is 0 Å². The Hall–Kier alpha value is 0.423. The van der Waals surface area contributed by atoms with Gasteiger partial charge in [0, 0.05) is 31.1 Å². The van der Waals surface area contributed by atoms with E-state index in [1.54, 1.807) is 0 Å². The van der Waals surface area contributed by atoms with E-state index < -0.39 is 14.6 Å². The molecule has 0 spiro atoms. The minimum absolute atomic E-state index is 0. The number of hydrogen-bond acceptors (Lipinski definition) is 5. The standard InChI is InChI=1S/B2O5.Ni/c3-1(4)7-2(5)6;/q-4;. The maximum atomic E-state index is 9.16. The molecule has 0 aliphatic carbocycles. The van der Waals surface area contributed by atoms with Gasteiger partial charge in [0.1, 0.15) is 0 Å². The first kappa shape index (κ1) is 11.3. The molecule has 0 heterocycles. The fourth-order valence-electron chi connectivity index (χ4n) is 0.0907. The number of hydrogen-bond donors (Lipinski definition) is 0. The third-order valence-electron chi connectivity index (χ3n) is 0.222. The Balaban J connectivity index is 0. The molecular weight excluding hydrogens is 160 g/mol. The average molecular weight is 160 g/mol. The molecule has 8 heteroatoms. The van der Waals surface area contributed by atoms with Crippen molar-refractivity contribution < 1.29 is 41.2 Å². The van der Waals surface area contributed by atoms with Crippen LogP contribution in [0.2, 0.25) is 0 Å². The summed E-state index contributed by atoms with van der Waals surface area (Å²) in [7, 11) is -5.50. The van der Waals surface area contributed by atoms with Crippen LogP contribution in [0.3, 0.4) is 0 Å². The molecule has 0 radical (unpaired) electrons. The van der Waals surface area contributed by atoms with Crippen molar-refractivity contribution in [3.63, 3.8) is 0 Å². The van der Waals surface area contributed by atoms with E-state index >= 15 is 0 Å². The molecule has 50 valence electrons. The second-order valence-corrected chi connectivity index (χ2v) is 0.713. The molecule has 0 saturated carbocycles. The minimum Gasteiger partial charge on any atom is -0.872 e. The van der Waals surface area contributed by atoms with E-state index in [1.165, 1.54) is 0 Å². The van der Waals surface area contributed by atoms with Gasteiger partial charge < -0.3 is 24.7 Å². The van der Waals surface area contributed by atoms with Crippen LogP contribution in [0.4, 0.5) is 0 Å². The Morgan fingerprint density at radius 1 is 0.875 bits per heavy atom. The van der Waals surface area contributed by atoms with Crippen LogP contribution in [0, 0.1) is 0 Å². The molecule has 0 atom stereocenters. The summed E-state index contributed by atoms with van der Waals surface area (Å²) in [6.07, 6.45) is 0. The smallest absolute Gasteiger partial charge is 0.0280 e. The molecule has 0 rings (SSSR count). The SMILES string of the molecule is [Ni].[O-]B([O-])OB([O-])[O-]. The summed E-state index contributed by atoms with van der Waals surface area (Å²) in [6.45, 7) is 0. The summed E-state index contributed by atoms with van der Waals surface area (Å²) in [4.78, 5) is 0. The van der Waals surface area contributed by atoms with Gasteiger partial charge in [-0.25, -0.2) is 0 Å². The molecule has 0 aromatic carbocycles. The molecule has 0 aromatic heterocycles. The van der Waals surface area contributed by atoms with Crippen molar-refractivity contribution in [3.8, 4) is 0 Å². The van der Waals surface area contributed by atoms with E-state index in [1.807, 2.05) is 0 Å². The zero-order valence-electron chi connectivity index (χ0n) is 3.51. The predicted molar refractivity (Wildman–Crippen MR) is 12.6 cm³/mol. The summed E-state index contributed by atoms with van der Waals surface area (Å²) in [5, 5.41) is 36.6. The van der Waals surface area contributed by atoms with Crippen molar-refractivity contribution >= 4 is 14.6 Å². The summed E-state index contributed by atoms with van der Waals surface area (Å²) in [6, 6.07) is 0. The van der Waals surface area contributed by atoms with Crippen molar-refractivity contribution in [1.29, 1.82) is 0 Å². The second-order valence-electron chi connectivity index (χ2n) is 0.713. The van der Waals surface area contributed by atoms with Crippen molar-refractivity contribution in [2.45, 2.75) is 0 Å². The van der Waals surface area contributed by atoms with Gasteiger partial charge in [-0.05, 0) is 0 Å². The molecule has 0 unspecified atom stereocenters. The zero-order valence-corrected chi connectivity index (χ0v) is 4.50. The van der Waals surface area contributed by atoms with Crippen LogP contribution in [0.25, 0.3) is 0 Å². The van der Waals surface area contributed by atoms with E-state index in [2.05, 4.69) is 4.57 Å². The van der Waals surface area contributed by atoms with E-state index in [9.17, 15) is 0 Å². The fraction of sp³-hybridized carbons (Fsp3) is 0. The second kappa shape index (κ2) is 5.56. The van der Waals surface area contributed by atoms with Crippen molar-refractivity contribution in [2.24, 2.45) is 0 Å². The summed E-state index contributed by atoms with van der Waals surface area (Å²) >= 11 is 0. The van der Waals surface area contributed by atoms with Crippen molar-refractivity contribution in [3.05, 3.63) is 0 Å². The van der Waals surface area contributed by atoms with Gasteiger partial charge >= 0.3 is 0 Å². The van der Waals surface area contributed by atoms with E-state index in [-0.39, 0.29) is 16.5 Å². The third kappa shape index (κ3) is 9.66. The monoisotopic (exact) mass is 160 g/mol. The Bertz CT molecular complexity index is 39.7. The van der Waals surface area contributed by atoms with E-state index in [4.69, 9.17) is 20.1 Å². The van der Waals surface area contributed by atoms with Crippen LogP contribution in [-0.2, 0) is 21.1 Å². The Kier molecular flexibility index (Phi) is 7.82.